The van der Waals surface area contributed by atoms with Crippen molar-refractivity contribution in [1.29, 1.82) is 0 Å². The summed E-state index contributed by atoms with van der Waals surface area (Å²) in [5, 5.41) is 0. The summed E-state index contributed by atoms with van der Waals surface area (Å²) < 4.78 is 2.10. The number of nitrogens with zero attached hydrogens (tertiary/aromatic N) is 5. The maximum Gasteiger partial charge on any atom is 0.195 e. The number of para-hydroxylation sites is 2. The van der Waals surface area contributed by atoms with Crippen LogP contribution in [0.2, 0.25) is 0 Å². The van der Waals surface area contributed by atoms with Crippen molar-refractivity contribution in [2.45, 2.75) is 6.54 Å². The highest BCUT2D eigenvalue weighted by Crippen LogP contribution is 2.14. The van der Waals surface area contributed by atoms with Crippen LogP contribution >= 0.6 is 0 Å². The lowest BCUT2D eigenvalue weighted by Crippen LogP contribution is -2.35. The topological polar surface area (TPSA) is 36.7 Å². The lowest BCUT2D eigenvalue weighted by Gasteiger charge is -2.22. The number of rotatable bonds is 2. The highest BCUT2D eigenvalue weighted by Gasteiger charge is 2.08. The molecule has 0 bridgehead atoms. The molecule has 0 saturated carbocycles. The average molecular weight is 259 g/mol. The number of guanidine groups is 1. The Bertz CT molecular complexity index is 585. The number of hydrogen-bond donors (Lipinski definition) is 0. The first-order valence-electron chi connectivity index (χ1n) is 6.30. The van der Waals surface area contributed by atoms with Gasteiger partial charge < -0.3 is 14.4 Å². The molecule has 5 nitrogen and oxygen atoms in total. The van der Waals surface area contributed by atoms with Crippen LogP contribution in [0.15, 0.2) is 29.3 Å². The number of imidazole rings is 1. The summed E-state index contributed by atoms with van der Waals surface area (Å²) in [5.74, 6) is 1.91. The third-order valence-corrected chi connectivity index (χ3v) is 3.04. The summed E-state index contributed by atoms with van der Waals surface area (Å²) in [5.41, 5.74) is 2.16. The van der Waals surface area contributed by atoms with Crippen molar-refractivity contribution in [2.24, 2.45) is 12.0 Å². The number of hydrogen-bond acceptors (Lipinski definition) is 2. The molecule has 2 rings (SSSR count). The van der Waals surface area contributed by atoms with Gasteiger partial charge in [-0.05, 0) is 12.1 Å². The third kappa shape index (κ3) is 2.70. The minimum atomic E-state index is 0.580. The van der Waals surface area contributed by atoms with Gasteiger partial charge in [0.05, 0.1) is 11.0 Å². The molecule has 0 saturated heterocycles. The lowest BCUT2D eigenvalue weighted by atomic mass is 10.3. The smallest absolute Gasteiger partial charge is 0.195 e. The zero-order chi connectivity index (χ0) is 14.0. The van der Waals surface area contributed by atoms with E-state index in [2.05, 4.69) is 20.6 Å². The molecule has 19 heavy (non-hydrogen) atoms. The van der Waals surface area contributed by atoms with Crippen molar-refractivity contribution in [2.75, 3.05) is 28.2 Å². The van der Waals surface area contributed by atoms with Crippen LogP contribution in [-0.2, 0) is 13.6 Å². The van der Waals surface area contributed by atoms with E-state index in [-0.39, 0.29) is 0 Å². The van der Waals surface area contributed by atoms with Gasteiger partial charge in [-0.2, -0.15) is 0 Å². The molecular weight excluding hydrogens is 238 g/mol. The maximum atomic E-state index is 4.63. The van der Waals surface area contributed by atoms with E-state index in [4.69, 9.17) is 0 Å². The molecule has 0 unspecified atom stereocenters. The zero-order valence-corrected chi connectivity index (χ0v) is 12.3. The maximum absolute atomic E-state index is 4.63. The van der Waals surface area contributed by atoms with Crippen LogP contribution < -0.4 is 0 Å². The quantitative estimate of drug-likeness (QED) is 0.606. The van der Waals surface area contributed by atoms with E-state index in [1.54, 1.807) is 0 Å². The molecule has 0 fully saturated rings. The van der Waals surface area contributed by atoms with Gasteiger partial charge in [-0.1, -0.05) is 12.1 Å². The fourth-order valence-electron chi connectivity index (χ4n) is 2.16. The minimum absolute atomic E-state index is 0.580. The van der Waals surface area contributed by atoms with Gasteiger partial charge in [0.15, 0.2) is 5.96 Å². The first-order valence-corrected chi connectivity index (χ1v) is 6.30. The number of benzene rings is 1. The Labute approximate surface area is 114 Å². The van der Waals surface area contributed by atoms with Crippen LogP contribution in [0.5, 0.6) is 0 Å². The van der Waals surface area contributed by atoms with Crippen LogP contribution in [0.25, 0.3) is 11.0 Å². The molecule has 2 aromatic rings. The van der Waals surface area contributed by atoms with Gasteiger partial charge in [0, 0.05) is 35.2 Å². The Balaban J connectivity index is 2.31. The Morgan fingerprint density at radius 2 is 1.79 bits per heavy atom. The Morgan fingerprint density at radius 1 is 1.16 bits per heavy atom. The van der Waals surface area contributed by atoms with Crippen LogP contribution in [0.3, 0.4) is 0 Å². The highest BCUT2D eigenvalue weighted by molar-refractivity contribution is 5.79. The van der Waals surface area contributed by atoms with E-state index in [0.717, 1.165) is 22.8 Å². The number of aliphatic imine (C=N–C) groups is 1. The average Bonchev–Trinajstić information content (AvgIpc) is 2.66. The molecule has 0 amide bonds. The Kier molecular flexibility index (Phi) is 3.74. The standard InChI is InChI=1S/C14H21N5/c1-17(2)14(18(3)4)15-10-13-16-11-8-6-7-9-12(11)19(13)5/h6-9H,10H2,1-5H3. The van der Waals surface area contributed by atoms with Gasteiger partial charge in [-0.3, -0.25) is 0 Å². The SMILES string of the molecule is CN(C)C(=NCc1nc2ccccc2n1C)N(C)C. The predicted octanol–water partition coefficient (Wildman–Crippen LogP) is 1.55. The summed E-state index contributed by atoms with van der Waals surface area (Å²) >= 11 is 0. The number of aromatic nitrogens is 2. The van der Waals surface area contributed by atoms with Crippen LogP contribution in [-0.4, -0.2) is 53.5 Å². The summed E-state index contributed by atoms with van der Waals surface area (Å²) in [6.07, 6.45) is 0. The summed E-state index contributed by atoms with van der Waals surface area (Å²) in [6, 6.07) is 8.14. The van der Waals surface area contributed by atoms with Gasteiger partial charge >= 0.3 is 0 Å². The zero-order valence-electron chi connectivity index (χ0n) is 12.3. The van der Waals surface area contributed by atoms with Crippen LogP contribution in [0.1, 0.15) is 5.82 Å². The van der Waals surface area contributed by atoms with E-state index in [0.29, 0.717) is 6.54 Å². The number of fused-ring (bicyclic) bond motifs is 1. The predicted molar refractivity (Wildman–Crippen MR) is 79.2 cm³/mol. The molecular formula is C14H21N5. The fourth-order valence-corrected chi connectivity index (χ4v) is 2.16. The van der Waals surface area contributed by atoms with Gasteiger partial charge in [0.1, 0.15) is 12.4 Å². The molecule has 0 aliphatic rings. The first kappa shape index (κ1) is 13.4. The molecule has 0 radical (unpaired) electrons. The van der Waals surface area contributed by atoms with Crippen molar-refractivity contribution in [1.82, 2.24) is 19.4 Å². The van der Waals surface area contributed by atoms with Gasteiger partial charge in [0.2, 0.25) is 0 Å². The third-order valence-electron chi connectivity index (χ3n) is 3.04. The largest absolute Gasteiger partial charge is 0.349 e. The Morgan fingerprint density at radius 3 is 2.37 bits per heavy atom. The summed E-state index contributed by atoms with van der Waals surface area (Å²) in [6.45, 7) is 0.580. The van der Waals surface area contributed by atoms with E-state index < -0.39 is 0 Å². The molecule has 0 N–H and O–H groups in total. The van der Waals surface area contributed by atoms with E-state index in [1.807, 2.05) is 63.2 Å². The van der Waals surface area contributed by atoms with Crippen LogP contribution in [0.4, 0.5) is 0 Å². The monoisotopic (exact) mass is 259 g/mol. The molecule has 0 aliphatic heterocycles. The molecule has 102 valence electrons. The van der Waals surface area contributed by atoms with E-state index >= 15 is 0 Å². The van der Waals surface area contributed by atoms with Crippen LogP contribution in [0, 0.1) is 0 Å². The molecule has 5 heteroatoms. The molecule has 1 aromatic carbocycles. The molecule has 1 heterocycles. The van der Waals surface area contributed by atoms with Crippen molar-refractivity contribution < 1.29 is 0 Å². The number of aryl methyl sites for hydroxylation is 1. The first-order chi connectivity index (χ1) is 9.00. The van der Waals surface area contributed by atoms with Crippen molar-refractivity contribution in [3.05, 3.63) is 30.1 Å². The Hall–Kier alpha value is -2.04. The lowest BCUT2D eigenvalue weighted by molar-refractivity contribution is 0.478. The van der Waals surface area contributed by atoms with Gasteiger partial charge in [0.25, 0.3) is 0 Å². The molecule has 0 spiro atoms. The minimum Gasteiger partial charge on any atom is -0.349 e. The van der Waals surface area contributed by atoms with Crippen molar-refractivity contribution in [3.8, 4) is 0 Å². The van der Waals surface area contributed by atoms with E-state index in [1.165, 1.54) is 0 Å². The highest BCUT2D eigenvalue weighted by atomic mass is 15.3. The summed E-state index contributed by atoms with van der Waals surface area (Å²) in [7, 11) is 10.0. The second-order valence-corrected chi connectivity index (χ2v) is 4.98. The van der Waals surface area contributed by atoms with Crippen molar-refractivity contribution in [3.63, 3.8) is 0 Å². The van der Waals surface area contributed by atoms with Gasteiger partial charge in [-0.15, -0.1) is 0 Å². The molecule has 0 atom stereocenters. The normalized spacial score (nSPS) is 10.6. The summed E-state index contributed by atoms with van der Waals surface area (Å²) in [4.78, 5) is 13.3. The fraction of sp³-hybridized carbons (Fsp3) is 0.429. The molecule has 1 aromatic heterocycles. The molecule has 0 aliphatic carbocycles. The van der Waals surface area contributed by atoms with E-state index in [9.17, 15) is 0 Å². The van der Waals surface area contributed by atoms with Gasteiger partial charge in [-0.25, -0.2) is 9.98 Å². The van der Waals surface area contributed by atoms with Crippen molar-refractivity contribution >= 4 is 17.0 Å². The second kappa shape index (κ2) is 5.30. The second-order valence-electron chi connectivity index (χ2n) is 4.98.